The molecule has 1 aliphatic heterocycles. The Kier molecular flexibility index (Phi) is 2.90. The van der Waals surface area contributed by atoms with Crippen LogP contribution in [0.15, 0.2) is 11.0 Å². The number of H-pyrrole nitrogens is 1. The largest absolute Gasteiger partial charge is 0.379 e. The molecule has 1 unspecified atom stereocenters. The van der Waals surface area contributed by atoms with Crippen LogP contribution in [0.1, 0.15) is 6.42 Å². The van der Waals surface area contributed by atoms with E-state index in [1.54, 1.807) is 0 Å². The van der Waals surface area contributed by atoms with Gasteiger partial charge in [-0.05, 0) is 6.42 Å². The summed E-state index contributed by atoms with van der Waals surface area (Å²) in [4.78, 5) is 11.1. The Hall–Kier alpha value is -1.08. The summed E-state index contributed by atoms with van der Waals surface area (Å²) in [6, 6.07) is -0.203. The molecule has 1 aromatic rings. The van der Waals surface area contributed by atoms with E-state index in [-0.39, 0.29) is 22.6 Å². The van der Waals surface area contributed by atoms with Crippen LogP contribution >= 0.6 is 11.6 Å². The average Bonchev–Trinajstić information content (AvgIpc) is 2.53. The van der Waals surface area contributed by atoms with Crippen LogP contribution in [-0.4, -0.2) is 36.2 Å². The van der Waals surface area contributed by atoms with Gasteiger partial charge in [0, 0.05) is 6.04 Å². The summed E-state index contributed by atoms with van der Waals surface area (Å²) in [7, 11) is -2.95. The Morgan fingerprint density at radius 1 is 1.56 bits per heavy atom. The molecule has 2 N–H and O–H groups in total. The maximum atomic E-state index is 11.2. The van der Waals surface area contributed by atoms with Gasteiger partial charge in [-0.2, -0.15) is 5.10 Å². The summed E-state index contributed by atoms with van der Waals surface area (Å²) in [6.45, 7) is 0. The summed E-state index contributed by atoms with van der Waals surface area (Å²) in [5.74, 6) is 0.231. The molecule has 1 atom stereocenters. The number of sulfone groups is 1. The van der Waals surface area contributed by atoms with Crippen molar-refractivity contribution < 1.29 is 8.42 Å². The first-order chi connectivity index (χ1) is 7.48. The van der Waals surface area contributed by atoms with E-state index in [0.29, 0.717) is 12.1 Å². The summed E-state index contributed by atoms with van der Waals surface area (Å²) < 4.78 is 22.5. The van der Waals surface area contributed by atoms with E-state index >= 15 is 0 Å². The van der Waals surface area contributed by atoms with E-state index in [4.69, 9.17) is 11.6 Å². The second-order valence-corrected chi connectivity index (χ2v) is 6.28. The lowest BCUT2D eigenvalue weighted by Gasteiger charge is -2.12. The van der Waals surface area contributed by atoms with Crippen molar-refractivity contribution in [1.82, 2.24) is 10.2 Å². The van der Waals surface area contributed by atoms with Crippen molar-refractivity contribution in [1.29, 1.82) is 0 Å². The fraction of sp³-hybridized carbons (Fsp3) is 0.500. The van der Waals surface area contributed by atoms with Gasteiger partial charge in [-0.1, -0.05) is 11.6 Å². The number of anilines is 1. The lowest BCUT2D eigenvalue weighted by Crippen LogP contribution is -2.22. The summed E-state index contributed by atoms with van der Waals surface area (Å²) >= 11 is 5.75. The first kappa shape index (κ1) is 11.4. The predicted molar refractivity (Wildman–Crippen MR) is 60.5 cm³/mol. The molecule has 0 radical (unpaired) electrons. The van der Waals surface area contributed by atoms with Crippen LogP contribution in [0.25, 0.3) is 0 Å². The smallest absolute Gasteiger partial charge is 0.285 e. The van der Waals surface area contributed by atoms with Gasteiger partial charge in [0.25, 0.3) is 5.56 Å². The normalized spacial score (nSPS) is 23.2. The molecule has 8 heteroatoms. The number of nitrogens with zero attached hydrogens (tertiary/aromatic N) is 1. The minimum absolute atomic E-state index is 0.000650. The van der Waals surface area contributed by atoms with Crippen LogP contribution in [0, 0.1) is 0 Å². The highest BCUT2D eigenvalue weighted by molar-refractivity contribution is 7.91. The van der Waals surface area contributed by atoms with Crippen LogP contribution < -0.4 is 10.9 Å². The summed E-state index contributed by atoms with van der Waals surface area (Å²) in [6.07, 6.45) is 1.89. The molecule has 0 amide bonds. The van der Waals surface area contributed by atoms with Gasteiger partial charge in [-0.15, -0.1) is 0 Å². The molecule has 0 spiro atoms. The molecule has 16 heavy (non-hydrogen) atoms. The maximum absolute atomic E-state index is 11.2. The first-order valence-corrected chi connectivity index (χ1v) is 6.88. The molecule has 0 aromatic carbocycles. The number of aromatic nitrogens is 2. The van der Waals surface area contributed by atoms with Crippen molar-refractivity contribution >= 4 is 27.1 Å². The third-order valence-corrected chi connectivity index (χ3v) is 4.53. The van der Waals surface area contributed by atoms with Gasteiger partial charge in [0.2, 0.25) is 0 Å². The highest BCUT2D eigenvalue weighted by atomic mass is 35.5. The molecule has 1 fully saturated rings. The molecule has 0 bridgehead atoms. The van der Waals surface area contributed by atoms with Crippen molar-refractivity contribution in [2.45, 2.75) is 12.5 Å². The second kappa shape index (κ2) is 4.06. The van der Waals surface area contributed by atoms with Crippen molar-refractivity contribution in [3.63, 3.8) is 0 Å². The van der Waals surface area contributed by atoms with Crippen LogP contribution in [0.2, 0.25) is 5.02 Å². The molecule has 0 saturated carbocycles. The number of halogens is 1. The average molecular weight is 264 g/mol. The highest BCUT2D eigenvalue weighted by Crippen LogP contribution is 2.20. The molecule has 2 rings (SSSR count). The SMILES string of the molecule is O=c1[nH]ncc(NC2CCS(=O)(=O)C2)c1Cl. The molecular formula is C8H10ClN3O3S. The summed E-state index contributed by atoms with van der Waals surface area (Å²) in [5.41, 5.74) is -0.125. The topological polar surface area (TPSA) is 91.9 Å². The number of hydrogen-bond donors (Lipinski definition) is 2. The maximum Gasteiger partial charge on any atom is 0.285 e. The Labute approximate surface area is 96.9 Å². The minimum atomic E-state index is -2.95. The van der Waals surface area contributed by atoms with Crippen molar-refractivity contribution in [3.8, 4) is 0 Å². The zero-order chi connectivity index (χ0) is 11.8. The van der Waals surface area contributed by atoms with Gasteiger partial charge < -0.3 is 5.32 Å². The highest BCUT2D eigenvalue weighted by Gasteiger charge is 2.28. The Morgan fingerprint density at radius 3 is 2.94 bits per heavy atom. The molecule has 1 aliphatic rings. The van der Waals surface area contributed by atoms with Crippen LogP contribution in [0.4, 0.5) is 5.69 Å². The lowest BCUT2D eigenvalue weighted by atomic mass is 10.2. The van der Waals surface area contributed by atoms with E-state index in [1.807, 2.05) is 0 Å². The molecule has 2 heterocycles. The number of nitrogens with one attached hydrogen (secondary N) is 2. The van der Waals surface area contributed by atoms with Crippen molar-refractivity contribution in [3.05, 3.63) is 21.6 Å². The standard InChI is InChI=1S/C8H10ClN3O3S/c9-7-6(3-10-12-8(7)13)11-5-1-2-16(14,15)4-5/h3,5H,1-2,4H2,(H2,11,12,13). The van der Waals surface area contributed by atoms with E-state index < -0.39 is 15.4 Å². The summed E-state index contributed by atoms with van der Waals surface area (Å²) in [5, 5.41) is 8.69. The fourth-order valence-electron chi connectivity index (χ4n) is 1.61. The van der Waals surface area contributed by atoms with E-state index in [1.165, 1.54) is 6.20 Å². The van der Waals surface area contributed by atoms with Gasteiger partial charge in [-0.3, -0.25) is 4.79 Å². The van der Waals surface area contributed by atoms with E-state index in [0.717, 1.165) is 0 Å². The molecule has 6 nitrogen and oxygen atoms in total. The first-order valence-electron chi connectivity index (χ1n) is 4.68. The van der Waals surface area contributed by atoms with Gasteiger partial charge in [0.15, 0.2) is 9.84 Å². The minimum Gasteiger partial charge on any atom is -0.379 e. The van der Waals surface area contributed by atoms with E-state index in [2.05, 4.69) is 15.5 Å². The molecule has 1 saturated heterocycles. The number of hydrogen-bond acceptors (Lipinski definition) is 5. The second-order valence-electron chi connectivity index (χ2n) is 3.67. The molecule has 1 aromatic heterocycles. The third kappa shape index (κ3) is 2.35. The zero-order valence-electron chi connectivity index (χ0n) is 8.23. The lowest BCUT2D eigenvalue weighted by molar-refractivity contribution is 0.602. The Morgan fingerprint density at radius 2 is 2.31 bits per heavy atom. The van der Waals surface area contributed by atoms with Crippen molar-refractivity contribution in [2.75, 3.05) is 16.8 Å². The Balaban J connectivity index is 2.17. The van der Waals surface area contributed by atoms with Gasteiger partial charge in [-0.25, -0.2) is 13.5 Å². The zero-order valence-corrected chi connectivity index (χ0v) is 9.81. The van der Waals surface area contributed by atoms with Gasteiger partial charge in [0.05, 0.1) is 23.4 Å². The van der Waals surface area contributed by atoms with Gasteiger partial charge in [0.1, 0.15) is 5.02 Å². The fourth-order valence-corrected chi connectivity index (χ4v) is 3.43. The van der Waals surface area contributed by atoms with E-state index in [9.17, 15) is 13.2 Å². The monoisotopic (exact) mass is 263 g/mol. The van der Waals surface area contributed by atoms with Crippen LogP contribution in [0.3, 0.4) is 0 Å². The van der Waals surface area contributed by atoms with Crippen LogP contribution in [-0.2, 0) is 9.84 Å². The number of aromatic amines is 1. The van der Waals surface area contributed by atoms with Crippen LogP contribution in [0.5, 0.6) is 0 Å². The van der Waals surface area contributed by atoms with Crippen molar-refractivity contribution in [2.24, 2.45) is 0 Å². The third-order valence-electron chi connectivity index (χ3n) is 2.39. The predicted octanol–water partition coefficient (Wildman–Crippen LogP) is 0.0223. The molecule has 0 aliphatic carbocycles. The Bertz CT molecular complexity index is 554. The molecule has 88 valence electrons. The quantitative estimate of drug-likeness (QED) is 0.785. The molecular weight excluding hydrogens is 254 g/mol. The van der Waals surface area contributed by atoms with Gasteiger partial charge >= 0.3 is 0 Å². The number of rotatable bonds is 2.